The lowest BCUT2D eigenvalue weighted by atomic mass is 9.51. The van der Waals surface area contributed by atoms with Gasteiger partial charge in [-0.15, -0.1) is 0 Å². The predicted octanol–water partition coefficient (Wildman–Crippen LogP) is 3.02. The van der Waals surface area contributed by atoms with Crippen molar-refractivity contribution in [3.05, 3.63) is 65.7 Å². The third kappa shape index (κ3) is 3.44. The number of phenols is 1. The molecule has 1 aliphatic heterocycles. The molecule has 154 valence electrons. The summed E-state index contributed by atoms with van der Waals surface area (Å²) in [5.74, 6) is 0.191. The first kappa shape index (κ1) is 21.1. The van der Waals surface area contributed by atoms with Crippen molar-refractivity contribution in [2.24, 2.45) is 0 Å². The molecule has 0 radical (unpaired) electrons. The van der Waals surface area contributed by atoms with Gasteiger partial charge in [-0.3, -0.25) is 4.79 Å². The van der Waals surface area contributed by atoms with Crippen LogP contribution in [-0.4, -0.2) is 48.9 Å². The predicted molar refractivity (Wildman–Crippen MR) is 114 cm³/mol. The Bertz CT molecular complexity index is 854. The molecule has 1 aliphatic rings. The van der Waals surface area contributed by atoms with Crippen molar-refractivity contribution in [3.63, 3.8) is 0 Å². The van der Waals surface area contributed by atoms with E-state index in [1.807, 2.05) is 56.4 Å². The van der Waals surface area contributed by atoms with Crippen molar-refractivity contribution < 1.29 is 14.7 Å². The molecule has 0 aromatic heterocycles. The number of carbonyl (C=O) groups is 2. The molecule has 2 aromatic carbocycles. The number of amides is 1. The molecular weight excluding hydrogens is 364 g/mol. The SMILES string of the molecule is CCN(C)C(=O)C1(c2ccccc2)CCNCC1(CCC=O)c1ccccc1O. The average molecular weight is 395 g/mol. The number of aromatic hydroxyl groups is 1. The largest absolute Gasteiger partial charge is 0.508 e. The zero-order chi connectivity index (χ0) is 20.9. The van der Waals surface area contributed by atoms with E-state index in [9.17, 15) is 14.7 Å². The third-order valence-corrected chi connectivity index (χ3v) is 6.48. The van der Waals surface area contributed by atoms with Crippen LogP contribution in [0.5, 0.6) is 5.75 Å². The number of piperidine rings is 1. The molecule has 0 spiro atoms. The number of nitrogens with one attached hydrogen (secondary N) is 1. The van der Waals surface area contributed by atoms with E-state index in [0.717, 1.165) is 17.4 Å². The van der Waals surface area contributed by atoms with Gasteiger partial charge in [0.05, 0.1) is 5.41 Å². The van der Waals surface area contributed by atoms with E-state index >= 15 is 0 Å². The van der Waals surface area contributed by atoms with E-state index < -0.39 is 10.8 Å². The number of rotatable bonds is 7. The molecule has 5 nitrogen and oxygen atoms in total. The second-order valence-electron chi connectivity index (χ2n) is 7.82. The molecule has 2 N–H and O–H groups in total. The first-order valence-corrected chi connectivity index (χ1v) is 10.3. The molecule has 3 rings (SSSR count). The Morgan fingerprint density at radius 2 is 1.86 bits per heavy atom. The molecule has 1 fully saturated rings. The molecule has 5 heteroatoms. The molecule has 1 saturated heterocycles. The summed E-state index contributed by atoms with van der Waals surface area (Å²) in [7, 11) is 1.82. The summed E-state index contributed by atoms with van der Waals surface area (Å²) in [6, 6.07) is 17.1. The smallest absolute Gasteiger partial charge is 0.233 e. The number of aldehydes is 1. The van der Waals surface area contributed by atoms with E-state index in [4.69, 9.17) is 0 Å². The van der Waals surface area contributed by atoms with E-state index in [-0.39, 0.29) is 11.7 Å². The highest BCUT2D eigenvalue weighted by Gasteiger charge is 2.60. The Balaban J connectivity index is 2.36. The van der Waals surface area contributed by atoms with Crippen LogP contribution in [0.4, 0.5) is 0 Å². The average Bonchev–Trinajstić information content (AvgIpc) is 2.77. The molecule has 29 heavy (non-hydrogen) atoms. The molecule has 2 atom stereocenters. The van der Waals surface area contributed by atoms with Gasteiger partial charge in [0.15, 0.2) is 0 Å². The van der Waals surface area contributed by atoms with Crippen molar-refractivity contribution >= 4 is 12.2 Å². The molecule has 1 heterocycles. The van der Waals surface area contributed by atoms with Crippen molar-refractivity contribution in [3.8, 4) is 5.75 Å². The Morgan fingerprint density at radius 1 is 1.17 bits per heavy atom. The highest BCUT2D eigenvalue weighted by molar-refractivity contribution is 5.91. The van der Waals surface area contributed by atoms with Crippen molar-refractivity contribution in [2.45, 2.75) is 37.0 Å². The van der Waals surface area contributed by atoms with E-state index in [1.165, 1.54) is 0 Å². The van der Waals surface area contributed by atoms with E-state index in [1.54, 1.807) is 17.0 Å². The second-order valence-corrected chi connectivity index (χ2v) is 7.82. The van der Waals surface area contributed by atoms with Gasteiger partial charge in [0.2, 0.25) is 5.91 Å². The number of carbonyl (C=O) groups excluding carboxylic acids is 2. The molecule has 2 unspecified atom stereocenters. The standard InChI is InChI=1S/C24H30N2O3/c1-3-26(2)22(29)24(19-10-5-4-6-11-19)15-16-25-18-23(24,14-9-17-27)20-12-7-8-13-21(20)28/h4-8,10-13,17,25,28H,3,9,14-16,18H2,1-2H3. The maximum atomic E-state index is 14.0. The summed E-state index contributed by atoms with van der Waals surface area (Å²) in [5.41, 5.74) is 0.0163. The van der Waals surface area contributed by atoms with Gasteiger partial charge in [-0.05, 0) is 37.9 Å². The zero-order valence-corrected chi connectivity index (χ0v) is 17.2. The minimum atomic E-state index is -0.883. The maximum Gasteiger partial charge on any atom is 0.233 e. The minimum Gasteiger partial charge on any atom is -0.508 e. The van der Waals surface area contributed by atoms with Gasteiger partial charge in [0.1, 0.15) is 12.0 Å². The summed E-state index contributed by atoms with van der Waals surface area (Å²) in [5, 5.41) is 14.3. The van der Waals surface area contributed by atoms with Gasteiger partial charge in [0.25, 0.3) is 0 Å². The highest BCUT2D eigenvalue weighted by atomic mass is 16.3. The molecule has 0 bridgehead atoms. The quantitative estimate of drug-likeness (QED) is 0.709. The minimum absolute atomic E-state index is 0.0295. The normalized spacial score (nSPS) is 24.1. The Labute approximate surface area is 172 Å². The first-order chi connectivity index (χ1) is 14.0. The summed E-state index contributed by atoms with van der Waals surface area (Å²) >= 11 is 0. The first-order valence-electron chi connectivity index (χ1n) is 10.3. The Kier molecular flexibility index (Phi) is 6.38. The Morgan fingerprint density at radius 3 is 2.52 bits per heavy atom. The summed E-state index contributed by atoms with van der Waals surface area (Å²) in [4.78, 5) is 27.2. The van der Waals surface area contributed by atoms with Crippen molar-refractivity contribution in [2.75, 3.05) is 26.7 Å². The fraction of sp³-hybridized carbons (Fsp3) is 0.417. The molecular formula is C24H30N2O3. The lowest BCUT2D eigenvalue weighted by Gasteiger charge is -2.54. The van der Waals surface area contributed by atoms with Gasteiger partial charge in [-0.1, -0.05) is 48.5 Å². The van der Waals surface area contributed by atoms with Gasteiger partial charge >= 0.3 is 0 Å². The van der Waals surface area contributed by atoms with Crippen molar-refractivity contribution in [1.29, 1.82) is 0 Å². The number of hydrogen-bond donors (Lipinski definition) is 2. The number of benzene rings is 2. The van der Waals surface area contributed by atoms with E-state index in [2.05, 4.69) is 5.32 Å². The third-order valence-electron chi connectivity index (χ3n) is 6.48. The monoisotopic (exact) mass is 394 g/mol. The van der Waals surface area contributed by atoms with Crippen molar-refractivity contribution in [1.82, 2.24) is 10.2 Å². The summed E-state index contributed by atoms with van der Waals surface area (Å²) in [6.07, 6.45) is 2.28. The molecule has 0 aliphatic carbocycles. The number of likely N-dealkylation sites (N-methyl/N-ethyl adjacent to an activating group) is 1. The van der Waals surface area contributed by atoms with Crippen LogP contribution in [0.3, 0.4) is 0 Å². The molecule has 1 amide bonds. The van der Waals surface area contributed by atoms with Crippen LogP contribution in [0.25, 0.3) is 0 Å². The fourth-order valence-electron chi connectivity index (χ4n) is 4.96. The summed E-state index contributed by atoms with van der Waals surface area (Å²) in [6.45, 7) is 3.75. The van der Waals surface area contributed by atoms with E-state index in [0.29, 0.717) is 38.9 Å². The van der Waals surface area contributed by atoms with Gasteiger partial charge in [-0.2, -0.15) is 0 Å². The lowest BCUT2D eigenvalue weighted by molar-refractivity contribution is -0.141. The van der Waals surface area contributed by atoms with Crippen LogP contribution >= 0.6 is 0 Å². The van der Waals surface area contributed by atoms with Gasteiger partial charge < -0.3 is 20.1 Å². The van der Waals surface area contributed by atoms with Crippen LogP contribution < -0.4 is 5.32 Å². The van der Waals surface area contributed by atoms with Crippen LogP contribution in [0.2, 0.25) is 0 Å². The second kappa shape index (κ2) is 8.78. The van der Waals surface area contributed by atoms with Gasteiger partial charge in [0, 0.05) is 37.5 Å². The lowest BCUT2D eigenvalue weighted by Crippen LogP contribution is -2.66. The molecule has 0 saturated carbocycles. The number of hydrogen-bond acceptors (Lipinski definition) is 4. The van der Waals surface area contributed by atoms with Crippen LogP contribution in [-0.2, 0) is 20.4 Å². The van der Waals surface area contributed by atoms with Gasteiger partial charge in [-0.25, -0.2) is 0 Å². The number of nitrogens with zero attached hydrogens (tertiary/aromatic N) is 1. The zero-order valence-electron chi connectivity index (χ0n) is 17.2. The number of phenolic OH excluding ortho intramolecular Hbond substituents is 1. The topological polar surface area (TPSA) is 69.6 Å². The van der Waals surface area contributed by atoms with Crippen LogP contribution in [0, 0.1) is 0 Å². The summed E-state index contributed by atoms with van der Waals surface area (Å²) < 4.78 is 0. The van der Waals surface area contributed by atoms with Crippen LogP contribution in [0.15, 0.2) is 54.6 Å². The maximum absolute atomic E-state index is 14.0. The molecule has 2 aromatic rings. The number of para-hydroxylation sites is 1. The van der Waals surface area contributed by atoms with Crippen LogP contribution in [0.1, 0.15) is 37.3 Å². The Hall–Kier alpha value is -2.66. The highest BCUT2D eigenvalue weighted by Crippen LogP contribution is 2.53. The fourth-order valence-corrected chi connectivity index (χ4v) is 4.96.